The Kier molecular flexibility index (Phi) is 4.43. The lowest BCUT2D eigenvalue weighted by molar-refractivity contribution is -0.140. The monoisotopic (exact) mass is 277 g/mol. The molecule has 0 atom stereocenters. The van der Waals surface area contributed by atoms with Gasteiger partial charge in [-0.1, -0.05) is 0 Å². The molecule has 0 fully saturated rings. The summed E-state index contributed by atoms with van der Waals surface area (Å²) in [4.78, 5) is 27.7. The van der Waals surface area contributed by atoms with Crippen LogP contribution in [0.25, 0.3) is 5.95 Å². The van der Waals surface area contributed by atoms with Crippen LogP contribution in [0.1, 0.15) is 6.92 Å². The Hall–Kier alpha value is -2.71. The number of esters is 1. The van der Waals surface area contributed by atoms with Crippen LogP contribution in [-0.4, -0.2) is 50.7 Å². The van der Waals surface area contributed by atoms with E-state index in [1.807, 2.05) is 0 Å². The first-order valence-electron chi connectivity index (χ1n) is 6.04. The van der Waals surface area contributed by atoms with Gasteiger partial charge in [-0.15, -0.1) is 0 Å². The third-order valence-electron chi connectivity index (χ3n) is 2.28. The molecule has 0 amide bonds. The Morgan fingerprint density at radius 1 is 1.35 bits per heavy atom. The number of nitrogens with one attached hydrogen (secondary N) is 2. The minimum Gasteiger partial charge on any atom is -0.465 e. The van der Waals surface area contributed by atoms with Gasteiger partial charge in [0, 0.05) is 19.4 Å². The van der Waals surface area contributed by atoms with Crippen molar-refractivity contribution in [1.29, 1.82) is 0 Å². The maximum absolute atomic E-state index is 11.3. The lowest BCUT2D eigenvalue weighted by atomic mass is 10.6. The molecule has 0 aliphatic rings. The van der Waals surface area contributed by atoms with E-state index >= 15 is 0 Å². The summed E-state index contributed by atoms with van der Waals surface area (Å²) in [6, 6.07) is 0. The Morgan fingerprint density at radius 3 is 2.80 bits per heavy atom. The summed E-state index contributed by atoms with van der Waals surface area (Å²) in [7, 11) is 1.70. The van der Waals surface area contributed by atoms with Crippen LogP contribution in [0.5, 0.6) is 0 Å². The molecule has 0 aromatic carbocycles. The first kappa shape index (κ1) is 13.7. The van der Waals surface area contributed by atoms with Gasteiger partial charge < -0.3 is 15.4 Å². The molecule has 2 heterocycles. The zero-order valence-electron chi connectivity index (χ0n) is 11.2. The van der Waals surface area contributed by atoms with Crippen LogP contribution in [0.4, 0.5) is 11.9 Å². The number of imidazole rings is 1. The first-order chi connectivity index (χ1) is 9.72. The summed E-state index contributed by atoms with van der Waals surface area (Å²) in [5, 5.41) is 5.63. The fourth-order valence-corrected chi connectivity index (χ4v) is 1.41. The maximum atomic E-state index is 11.3. The zero-order chi connectivity index (χ0) is 14.4. The number of carbonyl (C=O) groups is 1. The third kappa shape index (κ3) is 3.40. The second kappa shape index (κ2) is 6.45. The fraction of sp³-hybridized carbons (Fsp3) is 0.364. The smallest absolute Gasteiger partial charge is 0.325 e. The Balaban J connectivity index is 2.16. The zero-order valence-corrected chi connectivity index (χ0v) is 11.2. The molecule has 2 rings (SSSR count). The van der Waals surface area contributed by atoms with Crippen molar-refractivity contribution in [2.45, 2.75) is 6.92 Å². The standard InChI is InChI=1S/C11H15N7O2/c1-3-20-8(19)6-14-10-15-9(12-2)16-11(17-10)18-5-4-13-7-18/h4-5,7H,3,6H2,1-2H3,(H2,12,14,15,16,17). The molecule has 0 aliphatic heterocycles. The van der Waals surface area contributed by atoms with Crippen molar-refractivity contribution in [3.8, 4) is 5.95 Å². The molecule has 106 valence electrons. The van der Waals surface area contributed by atoms with Gasteiger partial charge in [-0.2, -0.15) is 15.0 Å². The van der Waals surface area contributed by atoms with Gasteiger partial charge >= 0.3 is 5.97 Å². The van der Waals surface area contributed by atoms with Crippen LogP contribution in [0.3, 0.4) is 0 Å². The lowest BCUT2D eigenvalue weighted by Gasteiger charge is -2.08. The summed E-state index contributed by atoms with van der Waals surface area (Å²) >= 11 is 0. The minimum atomic E-state index is -0.372. The Bertz CT molecular complexity index is 570. The van der Waals surface area contributed by atoms with E-state index in [0.717, 1.165) is 0 Å². The molecule has 0 spiro atoms. The van der Waals surface area contributed by atoms with Crippen LogP contribution < -0.4 is 10.6 Å². The van der Waals surface area contributed by atoms with Crippen molar-refractivity contribution in [1.82, 2.24) is 24.5 Å². The van der Waals surface area contributed by atoms with Crippen LogP contribution in [0.15, 0.2) is 18.7 Å². The number of hydrogen-bond donors (Lipinski definition) is 2. The molecule has 0 unspecified atom stereocenters. The average Bonchev–Trinajstić information content (AvgIpc) is 2.99. The molecule has 20 heavy (non-hydrogen) atoms. The van der Waals surface area contributed by atoms with E-state index in [1.54, 1.807) is 37.3 Å². The largest absolute Gasteiger partial charge is 0.465 e. The van der Waals surface area contributed by atoms with E-state index in [9.17, 15) is 4.79 Å². The summed E-state index contributed by atoms with van der Waals surface area (Å²) in [6.45, 7) is 2.07. The van der Waals surface area contributed by atoms with Gasteiger partial charge in [0.25, 0.3) is 0 Å². The normalized spacial score (nSPS) is 10.1. The first-order valence-corrected chi connectivity index (χ1v) is 6.04. The van der Waals surface area contributed by atoms with E-state index in [1.165, 1.54) is 0 Å². The predicted octanol–water partition coefficient (Wildman–Crippen LogP) is 0.0740. The molecule has 2 aromatic rings. The number of ether oxygens (including phenoxy) is 1. The summed E-state index contributed by atoms with van der Waals surface area (Å²) in [6.07, 6.45) is 4.91. The number of aromatic nitrogens is 5. The highest BCUT2D eigenvalue weighted by atomic mass is 16.5. The highest BCUT2D eigenvalue weighted by Gasteiger charge is 2.08. The number of rotatable bonds is 6. The Morgan fingerprint density at radius 2 is 2.15 bits per heavy atom. The van der Waals surface area contributed by atoms with Crippen molar-refractivity contribution >= 4 is 17.9 Å². The van der Waals surface area contributed by atoms with Crippen molar-refractivity contribution < 1.29 is 9.53 Å². The van der Waals surface area contributed by atoms with Gasteiger partial charge in [0.1, 0.15) is 12.9 Å². The molecule has 2 N–H and O–H groups in total. The molecular weight excluding hydrogens is 262 g/mol. The number of carbonyl (C=O) groups excluding carboxylic acids is 1. The number of nitrogens with zero attached hydrogens (tertiary/aromatic N) is 5. The summed E-state index contributed by atoms with van der Waals surface area (Å²) in [5.41, 5.74) is 0. The molecule has 2 aromatic heterocycles. The van der Waals surface area contributed by atoms with Gasteiger partial charge in [-0.25, -0.2) is 4.98 Å². The molecule has 9 nitrogen and oxygen atoms in total. The number of anilines is 2. The van der Waals surface area contributed by atoms with E-state index in [2.05, 4.69) is 30.6 Å². The summed E-state index contributed by atoms with van der Waals surface area (Å²) in [5.74, 6) is 0.687. The second-order valence-corrected chi connectivity index (χ2v) is 3.66. The van der Waals surface area contributed by atoms with Crippen molar-refractivity contribution in [2.75, 3.05) is 30.8 Å². The molecule has 0 saturated heterocycles. The maximum Gasteiger partial charge on any atom is 0.325 e. The SMILES string of the molecule is CCOC(=O)CNc1nc(NC)nc(-n2ccnc2)n1. The van der Waals surface area contributed by atoms with Gasteiger partial charge in [0.05, 0.1) is 6.61 Å². The fourth-order valence-electron chi connectivity index (χ4n) is 1.41. The van der Waals surface area contributed by atoms with E-state index < -0.39 is 0 Å². The van der Waals surface area contributed by atoms with Crippen LogP contribution in [-0.2, 0) is 9.53 Å². The van der Waals surface area contributed by atoms with Gasteiger partial charge in [-0.3, -0.25) is 9.36 Å². The molecule has 0 radical (unpaired) electrons. The van der Waals surface area contributed by atoms with Crippen molar-refractivity contribution in [3.05, 3.63) is 18.7 Å². The van der Waals surface area contributed by atoms with Crippen LogP contribution in [0, 0.1) is 0 Å². The molecule has 0 aliphatic carbocycles. The van der Waals surface area contributed by atoms with Gasteiger partial charge in [0.15, 0.2) is 0 Å². The Labute approximate surface area is 115 Å². The molecule has 0 saturated carbocycles. The average molecular weight is 277 g/mol. The molecule has 9 heteroatoms. The van der Waals surface area contributed by atoms with E-state index in [-0.39, 0.29) is 18.5 Å². The van der Waals surface area contributed by atoms with Crippen molar-refractivity contribution in [2.24, 2.45) is 0 Å². The lowest BCUT2D eigenvalue weighted by Crippen LogP contribution is -2.19. The topological polar surface area (TPSA) is 107 Å². The quantitative estimate of drug-likeness (QED) is 0.714. The highest BCUT2D eigenvalue weighted by molar-refractivity contribution is 5.74. The highest BCUT2D eigenvalue weighted by Crippen LogP contribution is 2.08. The number of hydrogen-bond acceptors (Lipinski definition) is 8. The summed E-state index contributed by atoms with van der Waals surface area (Å²) < 4.78 is 6.46. The van der Waals surface area contributed by atoms with Crippen molar-refractivity contribution in [3.63, 3.8) is 0 Å². The molecular formula is C11H15N7O2. The third-order valence-corrected chi connectivity index (χ3v) is 2.28. The van der Waals surface area contributed by atoms with E-state index in [4.69, 9.17) is 4.74 Å². The van der Waals surface area contributed by atoms with Crippen LogP contribution >= 0.6 is 0 Å². The van der Waals surface area contributed by atoms with Crippen LogP contribution in [0.2, 0.25) is 0 Å². The van der Waals surface area contributed by atoms with Gasteiger partial charge in [0.2, 0.25) is 17.8 Å². The predicted molar refractivity (Wildman–Crippen MR) is 71.6 cm³/mol. The molecule has 0 bridgehead atoms. The van der Waals surface area contributed by atoms with Gasteiger partial charge in [-0.05, 0) is 6.92 Å². The second-order valence-electron chi connectivity index (χ2n) is 3.66. The van der Waals surface area contributed by atoms with E-state index in [0.29, 0.717) is 18.5 Å². The minimum absolute atomic E-state index is 0.00955.